The number of hydrogen-bond acceptors (Lipinski definition) is 1. The third-order valence-corrected chi connectivity index (χ3v) is 0. The van der Waals surface area contributed by atoms with Gasteiger partial charge in [-0.3, -0.25) is 0 Å². The molecule has 0 unspecified atom stereocenters. The Hall–Kier alpha value is 1.58. The van der Waals surface area contributed by atoms with Crippen LogP contribution < -0.4 is 5.11 Å². The Kier molecular flexibility index (Phi) is 165. The first kappa shape index (κ1) is 23.5. The van der Waals surface area contributed by atoms with E-state index in [2.05, 4.69) is 6.92 Å². The molecule has 0 aliphatic heterocycles. The molecule has 0 heterocycles. The monoisotopic (exact) mass is 161 g/mol. The molecule has 1 radical (unpaired) electrons. The zero-order valence-electron chi connectivity index (χ0n) is 5.53. The summed E-state index contributed by atoms with van der Waals surface area (Å²) in [4.78, 5) is 0. The van der Waals surface area contributed by atoms with E-state index in [1.807, 2.05) is 0 Å². The summed E-state index contributed by atoms with van der Waals surface area (Å²) in [6.07, 6.45) is 0. The van der Waals surface area contributed by atoms with Gasteiger partial charge in [0.2, 0.25) is 0 Å². The Morgan fingerprint density at radius 2 is 1.43 bits per heavy atom. The summed E-state index contributed by atoms with van der Waals surface area (Å²) in [6.45, 7) is 6.57. The topological polar surface area (TPSA) is 23.1 Å². The van der Waals surface area contributed by atoms with E-state index in [1.54, 1.807) is 13.8 Å². The van der Waals surface area contributed by atoms with Gasteiger partial charge in [0.25, 0.3) is 0 Å². The van der Waals surface area contributed by atoms with Crippen molar-refractivity contribution in [2.24, 2.45) is 0 Å². The Morgan fingerprint density at radius 3 is 1.43 bits per heavy atom. The van der Waals surface area contributed by atoms with Crippen LogP contribution in [0.25, 0.3) is 0 Å². The molecule has 0 aromatic rings. The van der Waals surface area contributed by atoms with Crippen LogP contribution in [0.1, 0.15) is 13.8 Å². The van der Waals surface area contributed by atoms with Gasteiger partial charge in [0.15, 0.2) is 0 Å². The first-order valence-electron chi connectivity index (χ1n) is 1.70. The van der Waals surface area contributed by atoms with Crippen molar-refractivity contribution < 1.29 is 24.6 Å². The van der Waals surface area contributed by atoms with Crippen molar-refractivity contribution in [3.63, 3.8) is 0 Å². The Labute approximate surface area is 80.9 Å². The second kappa shape index (κ2) is 49.2. The molecule has 0 saturated heterocycles. The predicted molar refractivity (Wildman–Crippen MR) is 27.3 cm³/mol. The third-order valence-electron chi connectivity index (χ3n) is 0. The van der Waals surface area contributed by atoms with Gasteiger partial charge in [-0.25, -0.2) is 0 Å². The fraction of sp³-hybridized carbons (Fsp3) is 0.750. The quantitative estimate of drug-likeness (QED) is 0.358. The minimum Gasteiger partial charge on any atom is -0.855 e. The number of rotatable bonds is 0. The Bertz CT molecular complexity index is 11.7. The minimum atomic E-state index is 0. The van der Waals surface area contributed by atoms with E-state index < -0.39 is 0 Å². The third kappa shape index (κ3) is 94.3. The first-order chi connectivity index (χ1) is 2.41. The first-order valence-corrected chi connectivity index (χ1v) is 1.70. The number of hydrogen-bond donors (Lipinski definition) is 0. The van der Waals surface area contributed by atoms with E-state index in [-0.39, 0.29) is 55.6 Å². The Morgan fingerprint density at radius 1 is 1.43 bits per heavy atom. The largest absolute Gasteiger partial charge is 2.00 e. The molecule has 35 valence electrons. The zero-order valence-corrected chi connectivity index (χ0v) is 10.5. The second-order valence-corrected chi connectivity index (χ2v) is 0.289. The smallest absolute Gasteiger partial charge is 0.855 e. The van der Waals surface area contributed by atoms with Crippen molar-refractivity contribution in [2.45, 2.75) is 13.8 Å². The molecule has 0 fully saturated rings. The van der Waals surface area contributed by atoms with Gasteiger partial charge in [-0.15, -0.1) is 6.61 Å². The molecule has 0 rings (SSSR count). The van der Waals surface area contributed by atoms with Gasteiger partial charge in [-0.1, -0.05) is 6.92 Å². The van der Waals surface area contributed by atoms with E-state index in [0.29, 0.717) is 0 Å². The van der Waals surface area contributed by atoms with E-state index in [9.17, 15) is 0 Å². The van der Waals surface area contributed by atoms with E-state index >= 15 is 0 Å². The average Bonchev–Trinajstić information content (AvgIpc) is 1.46. The molecule has 0 spiro atoms. The van der Waals surface area contributed by atoms with Crippen molar-refractivity contribution in [2.75, 3.05) is 6.61 Å². The molecule has 0 aromatic carbocycles. The van der Waals surface area contributed by atoms with Gasteiger partial charge < -0.3 is 12.0 Å². The second-order valence-electron chi connectivity index (χ2n) is 0.289. The Balaban J connectivity index is -0.0000000105. The van der Waals surface area contributed by atoms with Gasteiger partial charge in [0.1, 0.15) is 0 Å². The van der Waals surface area contributed by atoms with Crippen LogP contribution in [0.4, 0.5) is 0 Å². The van der Waals surface area contributed by atoms with Gasteiger partial charge in [-0.05, 0) is 0 Å². The van der Waals surface area contributed by atoms with Gasteiger partial charge in [0.05, 0.1) is 0 Å². The van der Waals surface area contributed by atoms with Crippen LogP contribution in [0.2, 0.25) is 0 Å². The fourth-order valence-electron chi connectivity index (χ4n) is 0. The fourth-order valence-corrected chi connectivity index (χ4v) is 0. The maximum absolute atomic E-state index is 8.93. The van der Waals surface area contributed by atoms with E-state index in [1.165, 1.54) is 0 Å². The van der Waals surface area contributed by atoms with Crippen LogP contribution in [0.3, 0.4) is 0 Å². The van der Waals surface area contributed by atoms with Crippen molar-refractivity contribution in [3.05, 3.63) is 6.92 Å². The molecular weight excluding hydrogens is 152 g/mol. The molecule has 1 nitrogen and oxygen atoms in total. The summed E-state index contributed by atoms with van der Waals surface area (Å²) in [5, 5.41) is 8.93. The van der Waals surface area contributed by atoms with Crippen LogP contribution in [-0.2, 0) is 19.5 Å². The molecule has 7 heavy (non-hydrogen) atoms. The van der Waals surface area contributed by atoms with Crippen LogP contribution >= 0.6 is 0 Å². The van der Waals surface area contributed by atoms with Crippen molar-refractivity contribution >= 4 is 29.6 Å². The summed E-state index contributed by atoms with van der Waals surface area (Å²) in [5.41, 5.74) is 0. The van der Waals surface area contributed by atoms with E-state index in [0.717, 1.165) is 0 Å². The molecule has 0 aliphatic rings. The minimum absolute atomic E-state index is 0. The summed E-state index contributed by atoms with van der Waals surface area (Å²) < 4.78 is 0. The van der Waals surface area contributed by atoms with Crippen LogP contribution in [0, 0.1) is 6.92 Å². The van der Waals surface area contributed by atoms with Gasteiger partial charge >= 0.3 is 19.5 Å². The maximum atomic E-state index is 8.93. The van der Waals surface area contributed by atoms with Crippen molar-refractivity contribution in [1.29, 1.82) is 0 Å². The molecule has 0 atom stereocenters. The average molecular weight is 163 g/mol. The summed E-state index contributed by atoms with van der Waals surface area (Å²) in [5.74, 6) is 0. The molecule has 3 heteroatoms. The molecule has 0 saturated carbocycles. The summed E-state index contributed by atoms with van der Waals surface area (Å²) in [7, 11) is 0. The van der Waals surface area contributed by atoms with Crippen LogP contribution in [-0.4, -0.2) is 36.2 Å². The molecule has 0 amide bonds. The normalized spacial score (nSPS) is 3.43. The predicted octanol–water partition coefficient (Wildman–Crippen LogP) is -0.176. The van der Waals surface area contributed by atoms with Crippen LogP contribution in [0.5, 0.6) is 0 Å². The van der Waals surface area contributed by atoms with Gasteiger partial charge in [0, 0.05) is 29.6 Å². The summed E-state index contributed by atoms with van der Waals surface area (Å²) in [6, 6.07) is 0. The van der Waals surface area contributed by atoms with E-state index in [4.69, 9.17) is 5.11 Å². The zero-order chi connectivity index (χ0) is 4.71. The molecule has 0 bridgehead atoms. The van der Waals surface area contributed by atoms with Crippen molar-refractivity contribution in [1.82, 2.24) is 0 Å². The molecular formula is C4H10NaOZn. The summed E-state index contributed by atoms with van der Waals surface area (Å²) >= 11 is 0. The molecule has 0 aliphatic carbocycles. The molecule has 0 aromatic heterocycles. The standard InChI is InChI=1S/C2H5O.C2H5.Na.Zn/c1-2-3;1-2;;/h2H2,1H3;1H2,2H3;;/q2*-1;;+2. The van der Waals surface area contributed by atoms with Gasteiger partial charge in [-0.2, -0.15) is 6.92 Å². The van der Waals surface area contributed by atoms with Crippen molar-refractivity contribution in [3.8, 4) is 0 Å². The maximum Gasteiger partial charge on any atom is 2.00 e. The van der Waals surface area contributed by atoms with Crippen LogP contribution in [0.15, 0.2) is 0 Å². The molecule has 0 N–H and O–H groups in total. The SMILES string of the molecule is CC[O-].[CH2-]C.[Na].[Zn+2].